The number of hydrogen-bond acceptors (Lipinski definition) is 5. The van der Waals surface area contributed by atoms with Crippen molar-refractivity contribution in [3.05, 3.63) is 64.1 Å². The highest BCUT2D eigenvalue weighted by molar-refractivity contribution is 7.90. The van der Waals surface area contributed by atoms with Crippen LogP contribution in [0.1, 0.15) is 15.9 Å². The van der Waals surface area contributed by atoms with E-state index >= 15 is 0 Å². The van der Waals surface area contributed by atoms with Crippen molar-refractivity contribution in [2.75, 3.05) is 7.11 Å². The number of fused-ring (bicyclic) bond motifs is 1. The minimum Gasteiger partial charge on any atom is -0.465 e. The summed E-state index contributed by atoms with van der Waals surface area (Å²) >= 11 is 0. The average Bonchev–Trinajstić information content (AvgIpc) is 2.93. The van der Waals surface area contributed by atoms with Gasteiger partial charge in [-0.05, 0) is 42.0 Å². The molecule has 0 fully saturated rings. The zero-order valence-electron chi connectivity index (χ0n) is 12.7. The molecule has 0 aliphatic rings. The Labute approximate surface area is 137 Å². The molecule has 3 rings (SSSR count). The minimum absolute atomic E-state index is 0.109. The lowest BCUT2D eigenvalue weighted by molar-refractivity contribution is 0.0600. The van der Waals surface area contributed by atoms with E-state index in [-0.39, 0.29) is 21.9 Å². The molecule has 0 aliphatic heterocycles. The SMILES string of the molecule is COC(=O)c1ccc(S(=O)(=O)Cc2ccc3[nH]c(=O)[nH]c3c2)cc1. The molecule has 0 atom stereocenters. The number of sulfone groups is 1. The van der Waals surface area contributed by atoms with E-state index in [9.17, 15) is 18.0 Å². The summed E-state index contributed by atoms with van der Waals surface area (Å²) in [5, 5.41) is 0. The molecule has 2 aromatic carbocycles. The quantitative estimate of drug-likeness (QED) is 0.698. The predicted molar refractivity (Wildman–Crippen MR) is 87.6 cm³/mol. The van der Waals surface area contributed by atoms with E-state index < -0.39 is 15.8 Å². The summed E-state index contributed by atoms with van der Waals surface area (Å²) in [6.45, 7) is 0. The van der Waals surface area contributed by atoms with Crippen LogP contribution in [0, 0.1) is 0 Å². The molecular formula is C16H14N2O5S. The first-order valence-corrected chi connectivity index (χ1v) is 8.66. The zero-order valence-corrected chi connectivity index (χ0v) is 13.5. The van der Waals surface area contributed by atoms with Crippen LogP contribution in [-0.2, 0) is 20.3 Å². The molecule has 7 nitrogen and oxygen atoms in total. The van der Waals surface area contributed by atoms with Crippen molar-refractivity contribution in [3.8, 4) is 0 Å². The molecule has 0 radical (unpaired) electrons. The fourth-order valence-electron chi connectivity index (χ4n) is 2.39. The number of carbonyl (C=O) groups excluding carboxylic acids is 1. The highest BCUT2D eigenvalue weighted by atomic mass is 32.2. The molecule has 0 aliphatic carbocycles. The third-order valence-electron chi connectivity index (χ3n) is 3.57. The maximum atomic E-state index is 12.5. The first-order chi connectivity index (χ1) is 11.4. The molecule has 1 heterocycles. The number of carbonyl (C=O) groups is 1. The smallest absolute Gasteiger partial charge is 0.337 e. The van der Waals surface area contributed by atoms with E-state index in [0.717, 1.165) is 0 Å². The summed E-state index contributed by atoms with van der Waals surface area (Å²) in [4.78, 5) is 27.9. The fourth-order valence-corrected chi connectivity index (χ4v) is 3.72. The Bertz CT molecular complexity index is 1060. The fraction of sp³-hybridized carbons (Fsp3) is 0.125. The number of methoxy groups -OCH3 is 1. The van der Waals surface area contributed by atoms with Gasteiger partial charge in [0.2, 0.25) is 0 Å². The third-order valence-corrected chi connectivity index (χ3v) is 5.28. The third kappa shape index (κ3) is 3.09. The second-order valence-electron chi connectivity index (χ2n) is 5.23. The Balaban J connectivity index is 1.89. The Kier molecular flexibility index (Phi) is 3.98. The van der Waals surface area contributed by atoms with Crippen molar-refractivity contribution in [1.29, 1.82) is 0 Å². The summed E-state index contributed by atoms with van der Waals surface area (Å²) in [5.41, 5.74) is 1.65. The van der Waals surface area contributed by atoms with Crippen molar-refractivity contribution in [2.24, 2.45) is 0 Å². The maximum absolute atomic E-state index is 12.5. The van der Waals surface area contributed by atoms with Crippen LogP contribution >= 0.6 is 0 Å². The van der Waals surface area contributed by atoms with Crippen LogP contribution in [0.5, 0.6) is 0 Å². The van der Waals surface area contributed by atoms with Gasteiger partial charge in [-0.1, -0.05) is 6.07 Å². The Morgan fingerprint density at radius 2 is 1.71 bits per heavy atom. The van der Waals surface area contributed by atoms with Gasteiger partial charge in [0.15, 0.2) is 9.84 Å². The Morgan fingerprint density at radius 3 is 2.38 bits per heavy atom. The van der Waals surface area contributed by atoms with Gasteiger partial charge in [0, 0.05) is 0 Å². The topological polar surface area (TPSA) is 109 Å². The first-order valence-electron chi connectivity index (χ1n) is 7.01. The number of aromatic nitrogens is 2. The van der Waals surface area contributed by atoms with Crippen LogP contribution in [0.4, 0.5) is 0 Å². The lowest BCUT2D eigenvalue weighted by Crippen LogP contribution is -2.06. The number of aromatic amines is 2. The van der Waals surface area contributed by atoms with E-state index in [4.69, 9.17) is 0 Å². The van der Waals surface area contributed by atoms with Crippen LogP contribution in [0.25, 0.3) is 11.0 Å². The van der Waals surface area contributed by atoms with Gasteiger partial charge in [-0.3, -0.25) is 0 Å². The highest BCUT2D eigenvalue weighted by Crippen LogP contribution is 2.19. The summed E-state index contributed by atoms with van der Waals surface area (Å²) < 4.78 is 29.6. The van der Waals surface area contributed by atoms with Gasteiger partial charge >= 0.3 is 11.7 Å². The molecule has 1 aromatic heterocycles. The van der Waals surface area contributed by atoms with E-state index in [1.807, 2.05) is 0 Å². The lowest BCUT2D eigenvalue weighted by atomic mass is 10.2. The molecule has 0 spiro atoms. The zero-order chi connectivity index (χ0) is 17.3. The molecule has 0 unspecified atom stereocenters. The molecule has 0 amide bonds. The highest BCUT2D eigenvalue weighted by Gasteiger charge is 2.17. The van der Waals surface area contributed by atoms with Gasteiger partial charge in [-0.15, -0.1) is 0 Å². The number of imidazole rings is 1. The second-order valence-corrected chi connectivity index (χ2v) is 7.22. The Morgan fingerprint density at radius 1 is 1.04 bits per heavy atom. The Hall–Kier alpha value is -2.87. The van der Waals surface area contributed by atoms with Crippen molar-refractivity contribution in [1.82, 2.24) is 9.97 Å². The largest absolute Gasteiger partial charge is 0.465 e. The molecule has 8 heteroatoms. The van der Waals surface area contributed by atoms with Crippen molar-refractivity contribution >= 4 is 26.8 Å². The van der Waals surface area contributed by atoms with E-state index in [1.54, 1.807) is 18.2 Å². The number of H-pyrrole nitrogens is 2. The van der Waals surface area contributed by atoms with E-state index in [1.165, 1.54) is 31.4 Å². The molecule has 124 valence electrons. The van der Waals surface area contributed by atoms with E-state index in [2.05, 4.69) is 14.7 Å². The number of rotatable bonds is 4. The first kappa shape index (κ1) is 16.0. The molecule has 0 saturated carbocycles. The number of esters is 1. The van der Waals surface area contributed by atoms with Crippen LogP contribution in [0.2, 0.25) is 0 Å². The number of benzene rings is 2. The summed E-state index contributed by atoms with van der Waals surface area (Å²) in [7, 11) is -2.32. The van der Waals surface area contributed by atoms with Gasteiger partial charge in [0.05, 0.1) is 34.4 Å². The standard InChI is InChI=1S/C16H14N2O5S/c1-23-15(19)11-3-5-12(6-4-11)24(21,22)9-10-2-7-13-14(8-10)18-16(20)17-13/h2-8H,9H2,1H3,(H2,17,18,20). The number of hydrogen-bond donors (Lipinski definition) is 2. The lowest BCUT2D eigenvalue weighted by Gasteiger charge is -2.06. The summed E-state index contributed by atoms with van der Waals surface area (Å²) in [6, 6.07) is 10.5. The van der Waals surface area contributed by atoms with Crippen LogP contribution in [0.3, 0.4) is 0 Å². The van der Waals surface area contributed by atoms with Crippen LogP contribution < -0.4 is 5.69 Å². The van der Waals surface area contributed by atoms with Crippen molar-refractivity contribution < 1.29 is 17.9 Å². The second kappa shape index (κ2) is 5.97. The van der Waals surface area contributed by atoms with Gasteiger partial charge < -0.3 is 14.7 Å². The van der Waals surface area contributed by atoms with Crippen molar-refractivity contribution in [2.45, 2.75) is 10.6 Å². The van der Waals surface area contributed by atoms with Crippen LogP contribution in [0.15, 0.2) is 52.2 Å². The number of ether oxygens (including phenoxy) is 1. The molecule has 0 bridgehead atoms. The molecule has 3 aromatic rings. The van der Waals surface area contributed by atoms with Gasteiger partial charge in [-0.2, -0.15) is 0 Å². The molecule has 0 saturated heterocycles. The van der Waals surface area contributed by atoms with Gasteiger partial charge in [0.25, 0.3) is 0 Å². The normalized spacial score (nSPS) is 11.5. The molecule has 24 heavy (non-hydrogen) atoms. The molecule has 2 N–H and O–H groups in total. The predicted octanol–water partition coefficient (Wildman–Crippen LogP) is 1.62. The van der Waals surface area contributed by atoms with Crippen molar-refractivity contribution in [3.63, 3.8) is 0 Å². The van der Waals surface area contributed by atoms with E-state index in [0.29, 0.717) is 16.6 Å². The minimum atomic E-state index is -3.58. The summed E-state index contributed by atoms with van der Waals surface area (Å²) in [5.74, 6) is -0.742. The average molecular weight is 346 g/mol. The maximum Gasteiger partial charge on any atom is 0.337 e. The molecular weight excluding hydrogens is 332 g/mol. The van der Waals surface area contributed by atoms with Crippen LogP contribution in [-0.4, -0.2) is 31.5 Å². The summed E-state index contributed by atoms with van der Waals surface area (Å²) in [6.07, 6.45) is 0. The monoisotopic (exact) mass is 346 g/mol. The number of nitrogens with one attached hydrogen (secondary N) is 2. The van der Waals surface area contributed by atoms with Gasteiger partial charge in [-0.25, -0.2) is 18.0 Å². The van der Waals surface area contributed by atoms with Gasteiger partial charge in [0.1, 0.15) is 0 Å².